The summed E-state index contributed by atoms with van der Waals surface area (Å²) in [4.78, 5) is 20.6. The van der Waals surface area contributed by atoms with Crippen LogP contribution in [0, 0.1) is 20.8 Å². The summed E-state index contributed by atoms with van der Waals surface area (Å²) in [6, 6.07) is 1.89. The van der Waals surface area contributed by atoms with Crippen LogP contribution in [-0.2, 0) is 0 Å². The largest absolute Gasteiger partial charge is 0.296 e. The van der Waals surface area contributed by atoms with Gasteiger partial charge in [0.05, 0.1) is 5.69 Å². The van der Waals surface area contributed by atoms with Crippen LogP contribution in [0.3, 0.4) is 0 Å². The maximum Gasteiger partial charge on any atom is 0.276 e. The number of thiazole rings is 1. The first-order chi connectivity index (χ1) is 8.47. The molecule has 1 amide bonds. The molecular weight excluding hydrogens is 314 g/mol. The van der Waals surface area contributed by atoms with Gasteiger partial charge in [0.15, 0.2) is 5.13 Å². The molecule has 1 N–H and O–H groups in total. The smallest absolute Gasteiger partial charge is 0.276 e. The Morgan fingerprint density at radius 2 is 2.00 bits per heavy atom. The fraction of sp³-hybridized carbons (Fsp3) is 0.250. The molecule has 0 aliphatic heterocycles. The minimum absolute atomic E-state index is 0.230. The number of aryl methyl sites for hydroxylation is 2. The molecule has 0 spiro atoms. The molecule has 0 atom stereocenters. The third kappa shape index (κ3) is 2.76. The predicted molar refractivity (Wildman–Crippen MR) is 76.2 cm³/mol. The highest BCUT2D eigenvalue weighted by Gasteiger charge is 2.15. The zero-order valence-corrected chi connectivity index (χ0v) is 12.6. The van der Waals surface area contributed by atoms with Crippen LogP contribution in [0.5, 0.6) is 0 Å². The van der Waals surface area contributed by atoms with Crippen LogP contribution in [0.25, 0.3) is 0 Å². The fourth-order valence-electron chi connectivity index (χ4n) is 1.49. The van der Waals surface area contributed by atoms with Crippen LogP contribution < -0.4 is 5.32 Å². The summed E-state index contributed by atoms with van der Waals surface area (Å²) >= 11 is 4.83. The molecule has 2 aromatic rings. The van der Waals surface area contributed by atoms with E-state index in [1.807, 2.05) is 32.2 Å². The van der Waals surface area contributed by atoms with Crippen LogP contribution >= 0.6 is 27.3 Å². The molecule has 0 bridgehead atoms. The molecule has 0 aliphatic carbocycles. The molecule has 4 nitrogen and oxygen atoms in total. The number of hydrogen-bond donors (Lipinski definition) is 1. The van der Waals surface area contributed by atoms with Gasteiger partial charge in [-0.1, -0.05) is 15.9 Å². The molecule has 0 aliphatic rings. The summed E-state index contributed by atoms with van der Waals surface area (Å²) in [7, 11) is 0. The number of pyridine rings is 1. The van der Waals surface area contributed by atoms with Gasteiger partial charge in [0.2, 0.25) is 0 Å². The zero-order valence-electron chi connectivity index (χ0n) is 10.2. The second-order valence-corrected chi connectivity index (χ2v) is 5.68. The van der Waals surface area contributed by atoms with Crippen LogP contribution in [-0.4, -0.2) is 15.9 Å². The van der Waals surface area contributed by atoms with E-state index in [1.54, 1.807) is 0 Å². The molecule has 94 valence electrons. The molecule has 0 aromatic carbocycles. The van der Waals surface area contributed by atoms with Gasteiger partial charge in [-0.25, -0.2) is 9.97 Å². The molecule has 6 heteroatoms. The average molecular weight is 326 g/mol. The van der Waals surface area contributed by atoms with Gasteiger partial charge in [-0.3, -0.25) is 10.1 Å². The van der Waals surface area contributed by atoms with Crippen molar-refractivity contribution in [1.29, 1.82) is 0 Å². The lowest BCUT2D eigenvalue weighted by Crippen LogP contribution is -2.16. The van der Waals surface area contributed by atoms with Gasteiger partial charge < -0.3 is 0 Å². The number of aromatic nitrogens is 2. The van der Waals surface area contributed by atoms with Gasteiger partial charge in [-0.05, 0) is 32.4 Å². The van der Waals surface area contributed by atoms with E-state index < -0.39 is 0 Å². The monoisotopic (exact) mass is 325 g/mol. The quantitative estimate of drug-likeness (QED) is 0.919. The Labute approximate surface area is 118 Å². The van der Waals surface area contributed by atoms with Crippen LogP contribution in [0.1, 0.15) is 27.4 Å². The van der Waals surface area contributed by atoms with E-state index >= 15 is 0 Å². The Morgan fingerprint density at radius 3 is 2.61 bits per heavy atom. The Morgan fingerprint density at radius 1 is 1.28 bits per heavy atom. The minimum Gasteiger partial charge on any atom is -0.296 e. The number of carbonyl (C=O) groups excluding carboxylic acids is 1. The Hall–Kier alpha value is -1.27. The van der Waals surface area contributed by atoms with E-state index in [1.165, 1.54) is 11.3 Å². The van der Waals surface area contributed by atoms with Crippen molar-refractivity contribution in [1.82, 2.24) is 9.97 Å². The predicted octanol–water partition coefficient (Wildman–Crippen LogP) is 3.48. The second kappa shape index (κ2) is 5.16. The van der Waals surface area contributed by atoms with Crippen LogP contribution in [0.4, 0.5) is 5.13 Å². The van der Waals surface area contributed by atoms with Crippen molar-refractivity contribution in [3.63, 3.8) is 0 Å². The molecule has 0 radical (unpaired) electrons. The van der Waals surface area contributed by atoms with Crippen LogP contribution in [0.2, 0.25) is 0 Å². The number of anilines is 1. The summed E-state index contributed by atoms with van der Waals surface area (Å²) in [5.41, 5.74) is 2.94. The molecule has 2 heterocycles. The summed E-state index contributed by atoms with van der Waals surface area (Å²) in [5.74, 6) is -0.230. The van der Waals surface area contributed by atoms with E-state index in [-0.39, 0.29) is 5.91 Å². The lowest BCUT2D eigenvalue weighted by atomic mass is 10.2. The van der Waals surface area contributed by atoms with Crippen molar-refractivity contribution in [2.24, 2.45) is 0 Å². The second-order valence-electron chi connectivity index (χ2n) is 3.97. The molecule has 18 heavy (non-hydrogen) atoms. The van der Waals surface area contributed by atoms with Gasteiger partial charge >= 0.3 is 0 Å². The normalized spacial score (nSPS) is 10.4. The molecule has 0 unspecified atom stereocenters. The number of hydrogen-bond acceptors (Lipinski definition) is 4. The molecule has 2 aromatic heterocycles. The summed E-state index contributed by atoms with van der Waals surface area (Å²) in [5, 5.41) is 5.24. The van der Waals surface area contributed by atoms with Gasteiger partial charge in [0.1, 0.15) is 5.69 Å². The van der Waals surface area contributed by atoms with E-state index in [9.17, 15) is 4.79 Å². The van der Waals surface area contributed by atoms with Gasteiger partial charge in [-0.2, -0.15) is 0 Å². The first-order valence-corrected chi connectivity index (χ1v) is 7.02. The molecule has 0 saturated heterocycles. The third-order valence-electron chi connectivity index (χ3n) is 2.39. The summed E-state index contributed by atoms with van der Waals surface area (Å²) < 4.78 is 0.885. The van der Waals surface area contributed by atoms with E-state index in [4.69, 9.17) is 0 Å². The zero-order chi connectivity index (χ0) is 13.3. The highest BCUT2D eigenvalue weighted by Crippen LogP contribution is 2.21. The maximum atomic E-state index is 12.1. The molecule has 0 fully saturated rings. The average Bonchev–Trinajstić information content (AvgIpc) is 2.69. The Balaban J connectivity index is 2.29. The number of rotatable bonds is 2. The molecular formula is C12H12BrN3OS. The number of amides is 1. The molecule has 0 saturated carbocycles. The maximum absolute atomic E-state index is 12.1. The van der Waals surface area contributed by atoms with E-state index in [2.05, 4.69) is 31.2 Å². The third-order valence-corrected chi connectivity index (χ3v) is 4.09. The summed E-state index contributed by atoms with van der Waals surface area (Å²) in [6.45, 7) is 5.60. The minimum atomic E-state index is -0.230. The lowest BCUT2D eigenvalue weighted by Gasteiger charge is -2.07. The standard InChI is InChI=1S/C12H12BrN3OS/c1-6-4-9(13)8(3)10(14-6)11(17)16-12-15-7(2)5-18-12/h4-5H,1-3H3,(H,15,16,17). The fourth-order valence-corrected chi connectivity index (χ4v) is 2.69. The SMILES string of the molecule is Cc1csc(NC(=O)c2nc(C)cc(Br)c2C)n1. The highest BCUT2D eigenvalue weighted by atomic mass is 79.9. The Kier molecular flexibility index (Phi) is 3.77. The lowest BCUT2D eigenvalue weighted by molar-refractivity contribution is 0.102. The Bertz CT molecular complexity index is 609. The van der Waals surface area contributed by atoms with Crippen molar-refractivity contribution < 1.29 is 4.79 Å². The summed E-state index contributed by atoms with van der Waals surface area (Å²) in [6.07, 6.45) is 0. The van der Waals surface area contributed by atoms with Crippen molar-refractivity contribution in [3.05, 3.63) is 38.6 Å². The van der Waals surface area contributed by atoms with Crippen molar-refractivity contribution in [2.45, 2.75) is 20.8 Å². The van der Waals surface area contributed by atoms with Crippen LogP contribution in [0.15, 0.2) is 15.9 Å². The van der Waals surface area contributed by atoms with Gasteiger partial charge in [0, 0.05) is 15.5 Å². The van der Waals surface area contributed by atoms with Crippen molar-refractivity contribution in [3.8, 4) is 0 Å². The van der Waals surface area contributed by atoms with E-state index in [0.29, 0.717) is 10.8 Å². The number of carbonyl (C=O) groups is 1. The van der Waals surface area contributed by atoms with Gasteiger partial charge in [0.25, 0.3) is 5.91 Å². The number of halogens is 1. The number of nitrogens with one attached hydrogen (secondary N) is 1. The number of nitrogens with zero attached hydrogens (tertiary/aromatic N) is 2. The van der Waals surface area contributed by atoms with Crippen molar-refractivity contribution in [2.75, 3.05) is 5.32 Å². The van der Waals surface area contributed by atoms with E-state index in [0.717, 1.165) is 21.4 Å². The highest BCUT2D eigenvalue weighted by molar-refractivity contribution is 9.10. The first-order valence-electron chi connectivity index (χ1n) is 5.34. The topological polar surface area (TPSA) is 54.9 Å². The van der Waals surface area contributed by atoms with Gasteiger partial charge in [-0.15, -0.1) is 11.3 Å². The molecule has 2 rings (SSSR count). The van der Waals surface area contributed by atoms with Crippen molar-refractivity contribution >= 4 is 38.3 Å². The first kappa shape index (κ1) is 13.2.